The van der Waals surface area contributed by atoms with Crippen molar-refractivity contribution in [1.82, 2.24) is 4.90 Å². The number of hydrogen-bond acceptors (Lipinski definition) is 4. The van der Waals surface area contributed by atoms with Crippen molar-refractivity contribution in [2.45, 2.75) is 64.8 Å². The fourth-order valence-electron chi connectivity index (χ4n) is 3.67. The van der Waals surface area contributed by atoms with Crippen molar-refractivity contribution in [3.63, 3.8) is 0 Å². The van der Waals surface area contributed by atoms with Crippen molar-refractivity contribution >= 4 is 11.9 Å². The van der Waals surface area contributed by atoms with Gasteiger partial charge in [-0.3, -0.25) is 9.69 Å². The molecule has 0 radical (unpaired) electrons. The van der Waals surface area contributed by atoms with Crippen molar-refractivity contribution in [2.24, 2.45) is 0 Å². The minimum Gasteiger partial charge on any atom is -0.444 e. The molecular formula is C27H33NO4. The number of benzene rings is 2. The van der Waals surface area contributed by atoms with E-state index in [0.717, 1.165) is 29.5 Å². The highest BCUT2D eigenvalue weighted by Crippen LogP contribution is 2.24. The van der Waals surface area contributed by atoms with Gasteiger partial charge in [-0.2, -0.15) is 0 Å². The summed E-state index contributed by atoms with van der Waals surface area (Å²) < 4.78 is 11.7. The van der Waals surface area contributed by atoms with Crippen LogP contribution in [-0.2, 0) is 27.4 Å². The predicted molar refractivity (Wildman–Crippen MR) is 125 cm³/mol. The van der Waals surface area contributed by atoms with Crippen molar-refractivity contribution in [3.05, 3.63) is 83.4 Å². The van der Waals surface area contributed by atoms with Crippen LogP contribution in [0.25, 0.3) is 0 Å². The highest BCUT2D eigenvalue weighted by atomic mass is 16.6. The van der Waals surface area contributed by atoms with Crippen LogP contribution in [0.4, 0.5) is 4.79 Å². The Morgan fingerprint density at radius 2 is 1.62 bits per heavy atom. The van der Waals surface area contributed by atoms with E-state index >= 15 is 0 Å². The van der Waals surface area contributed by atoms with Gasteiger partial charge in [0.15, 0.2) is 5.78 Å². The molecule has 0 aromatic heterocycles. The lowest BCUT2D eigenvalue weighted by atomic mass is 10.1. The van der Waals surface area contributed by atoms with Gasteiger partial charge in [0.1, 0.15) is 5.60 Å². The van der Waals surface area contributed by atoms with E-state index in [0.29, 0.717) is 19.6 Å². The number of amides is 1. The zero-order chi connectivity index (χ0) is 23.0. The van der Waals surface area contributed by atoms with E-state index in [1.807, 2.05) is 87.5 Å². The minimum atomic E-state index is -0.627. The highest BCUT2D eigenvalue weighted by molar-refractivity contribution is 5.97. The van der Waals surface area contributed by atoms with Crippen LogP contribution >= 0.6 is 0 Å². The Kier molecular flexibility index (Phi) is 8.23. The molecule has 2 aromatic rings. The summed E-state index contributed by atoms with van der Waals surface area (Å²) >= 11 is 0. The SMILES string of the molecule is CC(C)(C)OC(=O)N(Cc1ccccc1)[C@H](/C=C1/CCCC1=O)COCc1ccccc1. The Balaban J connectivity index is 1.85. The van der Waals surface area contributed by atoms with Gasteiger partial charge in [0, 0.05) is 13.0 Å². The zero-order valence-electron chi connectivity index (χ0n) is 19.3. The molecule has 0 saturated heterocycles. The zero-order valence-corrected chi connectivity index (χ0v) is 19.3. The van der Waals surface area contributed by atoms with E-state index in [-0.39, 0.29) is 12.4 Å². The van der Waals surface area contributed by atoms with Crippen LogP contribution < -0.4 is 0 Å². The Bertz CT molecular complexity index is 916. The second-order valence-corrected chi connectivity index (χ2v) is 9.13. The molecule has 1 aliphatic rings. The smallest absolute Gasteiger partial charge is 0.411 e. The van der Waals surface area contributed by atoms with Gasteiger partial charge in [0.25, 0.3) is 0 Å². The van der Waals surface area contributed by atoms with Crippen LogP contribution in [0.1, 0.15) is 51.2 Å². The second kappa shape index (κ2) is 11.1. The molecular weight excluding hydrogens is 402 g/mol. The number of nitrogens with zero attached hydrogens (tertiary/aromatic N) is 1. The maximum atomic E-state index is 13.2. The largest absolute Gasteiger partial charge is 0.444 e. The number of carbonyl (C=O) groups excluding carboxylic acids is 2. The first-order valence-electron chi connectivity index (χ1n) is 11.2. The molecule has 5 nitrogen and oxygen atoms in total. The molecule has 0 heterocycles. The fourth-order valence-corrected chi connectivity index (χ4v) is 3.67. The molecule has 1 amide bonds. The average Bonchev–Trinajstić information content (AvgIpc) is 3.16. The van der Waals surface area contributed by atoms with E-state index in [9.17, 15) is 9.59 Å². The summed E-state index contributed by atoms with van der Waals surface area (Å²) in [4.78, 5) is 27.2. The molecule has 0 N–H and O–H groups in total. The normalized spacial score (nSPS) is 16.2. The average molecular weight is 436 g/mol. The Hall–Kier alpha value is -2.92. The monoisotopic (exact) mass is 435 g/mol. The number of rotatable bonds is 8. The number of ketones is 1. The molecule has 2 aromatic carbocycles. The highest BCUT2D eigenvalue weighted by Gasteiger charge is 2.29. The minimum absolute atomic E-state index is 0.155. The first kappa shape index (κ1) is 23.7. The summed E-state index contributed by atoms with van der Waals surface area (Å²) in [5.41, 5.74) is 2.20. The van der Waals surface area contributed by atoms with Crippen LogP contribution in [0.15, 0.2) is 72.3 Å². The van der Waals surface area contributed by atoms with Gasteiger partial charge in [-0.1, -0.05) is 66.7 Å². The van der Waals surface area contributed by atoms with Crippen LogP contribution in [0, 0.1) is 0 Å². The lowest BCUT2D eigenvalue weighted by Gasteiger charge is -2.32. The maximum absolute atomic E-state index is 13.2. The molecule has 170 valence electrons. The number of hydrogen-bond donors (Lipinski definition) is 0. The Labute approximate surface area is 191 Å². The molecule has 1 saturated carbocycles. The summed E-state index contributed by atoms with van der Waals surface area (Å²) in [6.07, 6.45) is 3.65. The third-order valence-electron chi connectivity index (χ3n) is 5.23. The molecule has 0 bridgehead atoms. The number of ether oxygens (including phenoxy) is 2. The van der Waals surface area contributed by atoms with Crippen molar-refractivity contribution in [2.75, 3.05) is 6.61 Å². The fraction of sp³-hybridized carbons (Fsp3) is 0.407. The Morgan fingerprint density at radius 1 is 1.00 bits per heavy atom. The molecule has 5 heteroatoms. The third-order valence-corrected chi connectivity index (χ3v) is 5.23. The first-order valence-corrected chi connectivity index (χ1v) is 11.2. The Morgan fingerprint density at radius 3 is 2.19 bits per heavy atom. The molecule has 1 fully saturated rings. The van der Waals surface area contributed by atoms with Crippen LogP contribution in [-0.4, -0.2) is 35.0 Å². The summed E-state index contributed by atoms with van der Waals surface area (Å²) in [6.45, 7) is 6.63. The lowest BCUT2D eigenvalue weighted by Crippen LogP contribution is -2.44. The van der Waals surface area contributed by atoms with Gasteiger partial charge in [0.05, 0.1) is 19.3 Å². The molecule has 1 atom stereocenters. The van der Waals surface area contributed by atoms with Crippen molar-refractivity contribution in [3.8, 4) is 0 Å². The van der Waals surface area contributed by atoms with E-state index in [4.69, 9.17) is 9.47 Å². The molecule has 0 aliphatic heterocycles. The quantitative estimate of drug-likeness (QED) is 0.500. The lowest BCUT2D eigenvalue weighted by molar-refractivity contribution is -0.114. The molecule has 0 spiro atoms. The first-order chi connectivity index (χ1) is 15.3. The van der Waals surface area contributed by atoms with Gasteiger partial charge >= 0.3 is 6.09 Å². The third kappa shape index (κ3) is 7.34. The van der Waals surface area contributed by atoms with Gasteiger partial charge in [0.2, 0.25) is 0 Å². The summed E-state index contributed by atoms with van der Waals surface area (Å²) in [7, 11) is 0. The molecule has 3 rings (SSSR count). The van der Waals surface area contributed by atoms with Crippen LogP contribution in [0.2, 0.25) is 0 Å². The molecule has 32 heavy (non-hydrogen) atoms. The summed E-state index contributed by atoms with van der Waals surface area (Å²) in [5.74, 6) is 0.155. The maximum Gasteiger partial charge on any atom is 0.411 e. The number of allylic oxidation sites excluding steroid dienone is 1. The summed E-state index contributed by atoms with van der Waals surface area (Å²) in [5, 5.41) is 0. The van der Waals surface area contributed by atoms with Crippen molar-refractivity contribution in [1.29, 1.82) is 0 Å². The van der Waals surface area contributed by atoms with E-state index in [1.54, 1.807) is 4.90 Å². The van der Waals surface area contributed by atoms with Gasteiger partial charge in [-0.25, -0.2) is 4.79 Å². The van der Waals surface area contributed by atoms with Crippen molar-refractivity contribution < 1.29 is 19.1 Å². The number of carbonyl (C=O) groups is 2. The van der Waals surface area contributed by atoms with Crippen LogP contribution in [0.3, 0.4) is 0 Å². The topological polar surface area (TPSA) is 55.8 Å². The molecule has 1 aliphatic carbocycles. The van der Waals surface area contributed by atoms with E-state index in [1.165, 1.54) is 0 Å². The molecule has 0 unspecified atom stereocenters. The van der Waals surface area contributed by atoms with E-state index < -0.39 is 17.7 Å². The number of Topliss-reactive ketones (excluding diaryl/α,β-unsaturated/α-hetero) is 1. The van der Waals surface area contributed by atoms with Gasteiger partial charge < -0.3 is 9.47 Å². The van der Waals surface area contributed by atoms with Gasteiger partial charge in [-0.05, 0) is 50.3 Å². The second-order valence-electron chi connectivity index (χ2n) is 9.13. The predicted octanol–water partition coefficient (Wildman–Crippen LogP) is 5.69. The van der Waals surface area contributed by atoms with E-state index in [2.05, 4.69) is 0 Å². The van der Waals surface area contributed by atoms with Gasteiger partial charge in [-0.15, -0.1) is 0 Å². The van der Waals surface area contributed by atoms with Crippen LogP contribution in [0.5, 0.6) is 0 Å². The summed E-state index contributed by atoms with van der Waals surface area (Å²) in [6, 6.07) is 19.3. The standard InChI is InChI=1S/C27H33NO4/c1-27(2,3)32-26(30)28(18-21-11-6-4-7-12-21)24(17-23-15-10-16-25(23)29)20-31-19-22-13-8-5-9-14-22/h4-9,11-14,17,24H,10,15-16,18-20H2,1-3H3/b23-17-/t24-/m1/s1.